The molecule has 0 radical (unpaired) electrons. The zero-order valence-electron chi connectivity index (χ0n) is 11.9. The number of methoxy groups -OCH3 is 1. The van der Waals surface area contributed by atoms with Gasteiger partial charge in [0.25, 0.3) is 0 Å². The van der Waals surface area contributed by atoms with Crippen molar-refractivity contribution in [3.8, 4) is 5.75 Å². The average Bonchev–Trinajstić information content (AvgIpc) is 2.91. The average molecular weight is 415 g/mol. The predicted octanol–water partition coefficient (Wildman–Crippen LogP) is 4.00. The van der Waals surface area contributed by atoms with Crippen molar-refractivity contribution < 1.29 is 9.53 Å². The maximum absolute atomic E-state index is 11.8. The molecule has 1 heterocycles. The maximum atomic E-state index is 11.8. The highest BCUT2D eigenvalue weighted by atomic mass is 127. The van der Waals surface area contributed by atoms with Crippen molar-refractivity contribution in [3.63, 3.8) is 0 Å². The van der Waals surface area contributed by atoms with E-state index in [0.717, 1.165) is 24.2 Å². The minimum atomic E-state index is 0.108. The molecule has 0 saturated heterocycles. The summed E-state index contributed by atoms with van der Waals surface area (Å²) >= 11 is 4.12. The number of rotatable bonds is 7. The van der Waals surface area contributed by atoms with E-state index in [9.17, 15) is 4.79 Å². The van der Waals surface area contributed by atoms with Crippen molar-refractivity contribution in [2.24, 2.45) is 0 Å². The molecule has 2 rings (SSSR count). The number of aryl methyl sites for hydroxylation is 1. The Labute approximate surface area is 142 Å². The van der Waals surface area contributed by atoms with Gasteiger partial charge in [0, 0.05) is 17.8 Å². The highest BCUT2D eigenvalue weighted by molar-refractivity contribution is 14.1. The van der Waals surface area contributed by atoms with Crippen LogP contribution in [0.25, 0.3) is 0 Å². The number of halogens is 1. The van der Waals surface area contributed by atoms with E-state index in [4.69, 9.17) is 4.74 Å². The van der Waals surface area contributed by atoms with Gasteiger partial charge in [0.05, 0.1) is 9.99 Å². The summed E-state index contributed by atoms with van der Waals surface area (Å²) in [6.07, 6.45) is 2.44. The number of carbonyl (C=O) groups is 1. The van der Waals surface area contributed by atoms with E-state index in [0.29, 0.717) is 13.0 Å². The summed E-state index contributed by atoms with van der Waals surface area (Å²) in [4.78, 5) is 13.2. The van der Waals surface area contributed by atoms with Gasteiger partial charge < -0.3 is 10.1 Å². The van der Waals surface area contributed by atoms with Crippen molar-refractivity contribution in [2.75, 3.05) is 7.11 Å². The van der Waals surface area contributed by atoms with Crippen LogP contribution in [0, 0.1) is 2.88 Å². The predicted molar refractivity (Wildman–Crippen MR) is 94.8 cm³/mol. The van der Waals surface area contributed by atoms with Crippen LogP contribution >= 0.6 is 33.9 Å². The lowest BCUT2D eigenvalue weighted by atomic mass is 10.2. The molecule has 1 aromatic carbocycles. The van der Waals surface area contributed by atoms with E-state index >= 15 is 0 Å². The number of amides is 1. The van der Waals surface area contributed by atoms with Gasteiger partial charge >= 0.3 is 0 Å². The molecule has 1 N–H and O–H groups in total. The van der Waals surface area contributed by atoms with Crippen LogP contribution in [-0.2, 0) is 17.8 Å². The monoisotopic (exact) mass is 415 g/mol. The van der Waals surface area contributed by atoms with E-state index in [2.05, 4.69) is 40.0 Å². The molecule has 0 aliphatic rings. The third-order valence-electron chi connectivity index (χ3n) is 3.10. The molecule has 3 nitrogen and oxygen atoms in total. The van der Waals surface area contributed by atoms with Crippen LogP contribution in [-0.4, -0.2) is 13.0 Å². The summed E-state index contributed by atoms with van der Waals surface area (Å²) in [5, 5.41) is 2.95. The number of carbonyl (C=O) groups excluding carboxylic acids is 1. The molecule has 1 aromatic heterocycles. The van der Waals surface area contributed by atoms with E-state index in [1.807, 2.05) is 24.3 Å². The third kappa shape index (κ3) is 5.67. The van der Waals surface area contributed by atoms with Crippen molar-refractivity contribution in [1.29, 1.82) is 0 Å². The fourth-order valence-electron chi connectivity index (χ4n) is 1.94. The molecule has 0 fully saturated rings. The minimum Gasteiger partial charge on any atom is -0.497 e. The Bertz CT molecular complexity index is 580. The van der Waals surface area contributed by atoms with Gasteiger partial charge in [0.1, 0.15) is 5.75 Å². The van der Waals surface area contributed by atoms with Crippen molar-refractivity contribution in [3.05, 3.63) is 49.7 Å². The Morgan fingerprint density at radius 1 is 1.24 bits per heavy atom. The zero-order chi connectivity index (χ0) is 15.1. The van der Waals surface area contributed by atoms with Crippen LogP contribution in [0.5, 0.6) is 5.75 Å². The number of nitrogens with one attached hydrogen (secondary N) is 1. The fourth-order valence-corrected chi connectivity index (χ4v) is 3.74. The molecule has 112 valence electrons. The standard InChI is InChI=1S/C16H18INO2S/c1-20-13-7-5-12(6-8-13)11-18-16(19)4-2-3-14-9-10-15(17)21-14/h5-10H,2-4,11H2,1H3,(H,18,19). The zero-order valence-corrected chi connectivity index (χ0v) is 14.9. The van der Waals surface area contributed by atoms with Crippen LogP contribution in [0.2, 0.25) is 0 Å². The molecule has 1 amide bonds. The second kappa shape index (κ2) is 8.38. The Hall–Kier alpha value is -1.08. The summed E-state index contributed by atoms with van der Waals surface area (Å²) in [6, 6.07) is 12.0. The van der Waals surface area contributed by atoms with Gasteiger partial charge in [-0.25, -0.2) is 0 Å². The summed E-state index contributed by atoms with van der Waals surface area (Å²) in [7, 11) is 1.64. The molecule has 0 aliphatic carbocycles. The first-order chi connectivity index (χ1) is 10.2. The third-order valence-corrected chi connectivity index (χ3v) is 5.06. The fraction of sp³-hybridized carbons (Fsp3) is 0.312. The summed E-state index contributed by atoms with van der Waals surface area (Å²) in [5.74, 6) is 0.938. The molecule has 0 saturated carbocycles. The molecular weight excluding hydrogens is 397 g/mol. The number of ether oxygens (including phenoxy) is 1. The SMILES string of the molecule is COc1ccc(CNC(=O)CCCc2ccc(I)s2)cc1. The Kier molecular flexibility index (Phi) is 6.50. The second-order valence-corrected chi connectivity index (χ2v) is 7.75. The molecule has 0 bridgehead atoms. The minimum absolute atomic E-state index is 0.108. The number of hydrogen-bond donors (Lipinski definition) is 1. The van der Waals surface area contributed by atoms with Crippen LogP contribution in [0.1, 0.15) is 23.3 Å². The van der Waals surface area contributed by atoms with E-state index in [-0.39, 0.29) is 5.91 Å². The lowest BCUT2D eigenvalue weighted by Gasteiger charge is -2.06. The van der Waals surface area contributed by atoms with E-state index in [1.54, 1.807) is 18.4 Å². The van der Waals surface area contributed by atoms with Crippen LogP contribution in [0.15, 0.2) is 36.4 Å². The van der Waals surface area contributed by atoms with Gasteiger partial charge in [-0.15, -0.1) is 11.3 Å². The quantitative estimate of drug-likeness (QED) is 0.695. The van der Waals surface area contributed by atoms with Gasteiger partial charge in [-0.1, -0.05) is 12.1 Å². The van der Waals surface area contributed by atoms with E-state index < -0.39 is 0 Å². The van der Waals surface area contributed by atoms with Gasteiger partial charge in [-0.2, -0.15) is 0 Å². The maximum Gasteiger partial charge on any atom is 0.220 e. The van der Waals surface area contributed by atoms with Gasteiger partial charge in [0.2, 0.25) is 5.91 Å². The largest absolute Gasteiger partial charge is 0.497 e. The van der Waals surface area contributed by atoms with Gasteiger partial charge in [0.15, 0.2) is 0 Å². The highest BCUT2D eigenvalue weighted by Crippen LogP contribution is 2.19. The summed E-state index contributed by atoms with van der Waals surface area (Å²) < 4.78 is 6.40. The lowest BCUT2D eigenvalue weighted by molar-refractivity contribution is -0.121. The normalized spacial score (nSPS) is 10.4. The lowest BCUT2D eigenvalue weighted by Crippen LogP contribution is -2.22. The van der Waals surface area contributed by atoms with E-state index in [1.165, 1.54) is 7.76 Å². The van der Waals surface area contributed by atoms with Crippen LogP contribution < -0.4 is 10.1 Å². The second-order valence-electron chi connectivity index (χ2n) is 4.68. The molecule has 21 heavy (non-hydrogen) atoms. The Balaban J connectivity index is 1.67. The highest BCUT2D eigenvalue weighted by Gasteiger charge is 2.03. The summed E-state index contributed by atoms with van der Waals surface area (Å²) in [6.45, 7) is 0.569. The molecule has 2 aromatic rings. The molecular formula is C16H18INO2S. The summed E-state index contributed by atoms with van der Waals surface area (Å²) in [5.41, 5.74) is 1.08. The van der Waals surface area contributed by atoms with Crippen molar-refractivity contribution in [1.82, 2.24) is 5.32 Å². The smallest absolute Gasteiger partial charge is 0.220 e. The van der Waals surface area contributed by atoms with Gasteiger partial charge in [-0.3, -0.25) is 4.79 Å². The first-order valence-corrected chi connectivity index (χ1v) is 8.71. The topological polar surface area (TPSA) is 38.3 Å². The molecule has 0 atom stereocenters. The molecule has 0 spiro atoms. The molecule has 0 aliphatic heterocycles. The number of thiophene rings is 1. The number of benzene rings is 1. The molecule has 5 heteroatoms. The van der Waals surface area contributed by atoms with Gasteiger partial charge in [-0.05, 0) is 65.3 Å². The molecule has 0 unspecified atom stereocenters. The number of hydrogen-bond acceptors (Lipinski definition) is 3. The van der Waals surface area contributed by atoms with Crippen molar-refractivity contribution in [2.45, 2.75) is 25.8 Å². The van der Waals surface area contributed by atoms with Crippen LogP contribution in [0.4, 0.5) is 0 Å². The first-order valence-electron chi connectivity index (χ1n) is 6.81. The van der Waals surface area contributed by atoms with Crippen molar-refractivity contribution >= 4 is 39.8 Å². The Morgan fingerprint density at radius 2 is 2.00 bits per heavy atom. The first kappa shape index (κ1) is 16.3. The Morgan fingerprint density at radius 3 is 2.62 bits per heavy atom. The van der Waals surface area contributed by atoms with Crippen LogP contribution in [0.3, 0.4) is 0 Å².